The molecule has 3 rings (SSSR count). The fourth-order valence-electron chi connectivity index (χ4n) is 3.69. The molecule has 1 spiro atoms. The number of aliphatic carboxylic acids is 1. The first-order chi connectivity index (χ1) is 10.4. The van der Waals surface area contributed by atoms with Gasteiger partial charge >= 0.3 is 5.97 Å². The Kier molecular flexibility index (Phi) is 3.68. The van der Waals surface area contributed by atoms with E-state index in [1.807, 2.05) is 18.9 Å². The standard InChI is InChI=1S/C15H23N5O2/c1-10-8-17-14(18-12(10)16)20-5-3-15(4-6-20)7-11(13(21)22)19(2)9-15/h8,11H,3-7,9H2,1-2H3,(H,21,22)(H2,16,17,18). The Bertz CT molecular complexity index is 583. The van der Waals surface area contributed by atoms with Crippen molar-refractivity contribution in [1.82, 2.24) is 14.9 Å². The van der Waals surface area contributed by atoms with Gasteiger partial charge in [0.1, 0.15) is 11.9 Å². The fraction of sp³-hybridized carbons (Fsp3) is 0.667. The van der Waals surface area contributed by atoms with E-state index in [2.05, 4.69) is 14.9 Å². The summed E-state index contributed by atoms with van der Waals surface area (Å²) in [6, 6.07) is -0.349. The largest absolute Gasteiger partial charge is 0.480 e. The second kappa shape index (κ2) is 5.39. The van der Waals surface area contributed by atoms with Crippen LogP contribution in [0.3, 0.4) is 0 Å². The third-order valence-electron chi connectivity index (χ3n) is 5.13. The number of hydrogen-bond acceptors (Lipinski definition) is 6. The van der Waals surface area contributed by atoms with Crippen molar-refractivity contribution in [2.24, 2.45) is 5.41 Å². The van der Waals surface area contributed by atoms with Gasteiger partial charge in [0.15, 0.2) is 0 Å². The van der Waals surface area contributed by atoms with Crippen molar-refractivity contribution in [3.05, 3.63) is 11.8 Å². The number of nitrogens with zero attached hydrogens (tertiary/aromatic N) is 4. The number of anilines is 2. The lowest BCUT2D eigenvalue weighted by Gasteiger charge is -2.39. The molecule has 1 aromatic heterocycles. The highest BCUT2D eigenvalue weighted by atomic mass is 16.4. The van der Waals surface area contributed by atoms with Crippen molar-refractivity contribution >= 4 is 17.7 Å². The van der Waals surface area contributed by atoms with Gasteiger partial charge in [-0.05, 0) is 38.6 Å². The summed E-state index contributed by atoms with van der Waals surface area (Å²) >= 11 is 0. The van der Waals surface area contributed by atoms with Crippen LogP contribution < -0.4 is 10.6 Å². The fourth-order valence-corrected chi connectivity index (χ4v) is 3.69. The van der Waals surface area contributed by atoms with Gasteiger partial charge < -0.3 is 15.7 Å². The van der Waals surface area contributed by atoms with E-state index >= 15 is 0 Å². The molecule has 3 heterocycles. The van der Waals surface area contributed by atoms with Crippen LogP contribution in [0.4, 0.5) is 11.8 Å². The quantitative estimate of drug-likeness (QED) is 0.832. The summed E-state index contributed by atoms with van der Waals surface area (Å²) in [5, 5.41) is 9.30. The Morgan fingerprint density at radius 2 is 2.14 bits per heavy atom. The van der Waals surface area contributed by atoms with Gasteiger partial charge in [0, 0.05) is 31.4 Å². The van der Waals surface area contributed by atoms with Crippen LogP contribution >= 0.6 is 0 Å². The van der Waals surface area contributed by atoms with E-state index in [9.17, 15) is 9.90 Å². The number of piperidine rings is 1. The van der Waals surface area contributed by atoms with Crippen LogP contribution in [-0.4, -0.2) is 58.7 Å². The first kappa shape index (κ1) is 15.0. The number of aryl methyl sites for hydroxylation is 1. The number of likely N-dealkylation sites (tertiary alicyclic amines) is 1. The van der Waals surface area contributed by atoms with Crippen molar-refractivity contribution in [2.45, 2.75) is 32.2 Å². The second-order valence-electron chi connectivity index (χ2n) is 6.70. The molecule has 0 aliphatic carbocycles. The van der Waals surface area contributed by atoms with Crippen LogP contribution in [0.15, 0.2) is 6.20 Å². The maximum atomic E-state index is 11.3. The lowest BCUT2D eigenvalue weighted by Crippen LogP contribution is -2.42. The maximum Gasteiger partial charge on any atom is 0.320 e. The van der Waals surface area contributed by atoms with Crippen LogP contribution in [0, 0.1) is 12.3 Å². The van der Waals surface area contributed by atoms with Crippen molar-refractivity contribution in [2.75, 3.05) is 37.3 Å². The zero-order valence-electron chi connectivity index (χ0n) is 13.1. The van der Waals surface area contributed by atoms with Crippen molar-refractivity contribution in [1.29, 1.82) is 0 Å². The summed E-state index contributed by atoms with van der Waals surface area (Å²) in [6.07, 6.45) is 4.44. The topological polar surface area (TPSA) is 95.6 Å². The molecule has 0 saturated carbocycles. The highest BCUT2D eigenvalue weighted by molar-refractivity contribution is 5.74. The number of carboxylic acid groups (broad SMARTS) is 1. The van der Waals surface area contributed by atoms with Crippen LogP contribution in [0.25, 0.3) is 0 Å². The summed E-state index contributed by atoms with van der Waals surface area (Å²) in [5.74, 6) is 0.493. The van der Waals surface area contributed by atoms with E-state index in [1.54, 1.807) is 6.20 Å². The number of nitrogen functional groups attached to an aromatic ring is 1. The molecule has 0 aromatic carbocycles. The molecule has 2 saturated heterocycles. The molecule has 1 aromatic rings. The minimum absolute atomic E-state index is 0.116. The lowest BCUT2D eigenvalue weighted by molar-refractivity contribution is -0.141. The Morgan fingerprint density at radius 3 is 2.68 bits per heavy atom. The summed E-state index contributed by atoms with van der Waals surface area (Å²) < 4.78 is 0. The number of carboxylic acids is 1. The maximum absolute atomic E-state index is 11.3. The number of rotatable bonds is 2. The zero-order chi connectivity index (χ0) is 15.9. The first-order valence-electron chi connectivity index (χ1n) is 7.67. The number of carbonyl (C=O) groups is 1. The Labute approximate surface area is 130 Å². The normalized spacial score (nSPS) is 24.8. The van der Waals surface area contributed by atoms with E-state index < -0.39 is 5.97 Å². The van der Waals surface area contributed by atoms with Gasteiger partial charge in [0.05, 0.1) is 0 Å². The Hall–Kier alpha value is -1.89. The van der Waals surface area contributed by atoms with Gasteiger partial charge in [-0.3, -0.25) is 9.69 Å². The molecular weight excluding hydrogens is 282 g/mol. The summed E-state index contributed by atoms with van der Waals surface area (Å²) in [7, 11) is 1.91. The monoisotopic (exact) mass is 305 g/mol. The minimum atomic E-state index is -0.712. The highest BCUT2D eigenvalue weighted by Crippen LogP contribution is 2.43. The molecule has 0 amide bonds. The second-order valence-corrected chi connectivity index (χ2v) is 6.70. The third kappa shape index (κ3) is 2.61. The number of likely N-dealkylation sites (N-methyl/N-ethyl adjacent to an activating group) is 1. The molecule has 120 valence electrons. The van der Waals surface area contributed by atoms with E-state index in [1.165, 1.54) is 0 Å². The summed E-state index contributed by atoms with van der Waals surface area (Å²) in [5.41, 5.74) is 6.87. The zero-order valence-corrected chi connectivity index (χ0v) is 13.1. The number of aromatic nitrogens is 2. The molecule has 7 nitrogen and oxygen atoms in total. The van der Waals surface area contributed by atoms with Crippen LogP contribution in [-0.2, 0) is 4.79 Å². The molecule has 3 N–H and O–H groups in total. The molecule has 1 unspecified atom stereocenters. The van der Waals surface area contributed by atoms with Gasteiger partial charge in [-0.25, -0.2) is 4.98 Å². The Balaban J connectivity index is 1.68. The van der Waals surface area contributed by atoms with Crippen molar-refractivity contribution < 1.29 is 9.90 Å². The predicted octanol–water partition coefficient (Wildman–Crippen LogP) is 0.743. The average molecular weight is 305 g/mol. The number of nitrogens with two attached hydrogens (primary N) is 1. The summed E-state index contributed by atoms with van der Waals surface area (Å²) in [4.78, 5) is 24.1. The van der Waals surface area contributed by atoms with Gasteiger partial charge in [-0.15, -0.1) is 0 Å². The highest BCUT2D eigenvalue weighted by Gasteiger charge is 2.46. The molecule has 0 radical (unpaired) electrons. The van der Waals surface area contributed by atoms with Crippen LogP contribution in [0.2, 0.25) is 0 Å². The SMILES string of the molecule is Cc1cnc(N2CCC3(CC2)CC(C(=O)O)N(C)C3)nc1N. The molecule has 2 aliphatic heterocycles. The van der Waals surface area contributed by atoms with Crippen LogP contribution in [0.5, 0.6) is 0 Å². The van der Waals surface area contributed by atoms with E-state index in [4.69, 9.17) is 5.73 Å². The van der Waals surface area contributed by atoms with Crippen molar-refractivity contribution in [3.63, 3.8) is 0 Å². The van der Waals surface area contributed by atoms with Gasteiger partial charge in [-0.1, -0.05) is 0 Å². The van der Waals surface area contributed by atoms with Crippen LogP contribution in [0.1, 0.15) is 24.8 Å². The van der Waals surface area contributed by atoms with Gasteiger partial charge in [0.25, 0.3) is 0 Å². The lowest BCUT2D eigenvalue weighted by atomic mass is 9.76. The molecule has 2 fully saturated rings. The molecule has 22 heavy (non-hydrogen) atoms. The molecular formula is C15H23N5O2. The van der Waals surface area contributed by atoms with Gasteiger partial charge in [0.2, 0.25) is 5.95 Å². The van der Waals surface area contributed by atoms with E-state index in [0.29, 0.717) is 11.8 Å². The molecule has 0 bridgehead atoms. The van der Waals surface area contributed by atoms with E-state index in [0.717, 1.165) is 44.5 Å². The molecule has 1 atom stereocenters. The first-order valence-corrected chi connectivity index (χ1v) is 7.67. The van der Waals surface area contributed by atoms with Gasteiger partial charge in [-0.2, -0.15) is 4.98 Å². The summed E-state index contributed by atoms with van der Waals surface area (Å²) in [6.45, 7) is 4.45. The predicted molar refractivity (Wildman–Crippen MR) is 83.7 cm³/mol. The third-order valence-corrected chi connectivity index (χ3v) is 5.13. The molecule has 2 aliphatic rings. The van der Waals surface area contributed by atoms with Crippen molar-refractivity contribution in [3.8, 4) is 0 Å². The minimum Gasteiger partial charge on any atom is -0.480 e. The number of hydrogen-bond donors (Lipinski definition) is 2. The smallest absolute Gasteiger partial charge is 0.320 e. The Morgan fingerprint density at radius 1 is 1.45 bits per heavy atom. The average Bonchev–Trinajstić information content (AvgIpc) is 2.80. The van der Waals surface area contributed by atoms with E-state index in [-0.39, 0.29) is 11.5 Å². The molecule has 7 heteroatoms.